The summed E-state index contributed by atoms with van der Waals surface area (Å²) >= 11 is 6.18. The van der Waals surface area contributed by atoms with Crippen molar-refractivity contribution in [3.8, 4) is 11.5 Å². The number of morpholine rings is 1. The van der Waals surface area contributed by atoms with Gasteiger partial charge in [0.05, 0.1) is 32.5 Å². The number of methoxy groups -OCH3 is 2. The van der Waals surface area contributed by atoms with Crippen molar-refractivity contribution in [1.82, 2.24) is 4.31 Å². The Kier molecular flexibility index (Phi) is 6.87. The highest BCUT2D eigenvalue weighted by molar-refractivity contribution is 7.89. The number of amides is 1. The number of benzene rings is 2. The third-order valence-electron chi connectivity index (χ3n) is 4.83. The fourth-order valence-electron chi connectivity index (χ4n) is 3.10. The summed E-state index contributed by atoms with van der Waals surface area (Å²) in [6, 6.07) is 9.30. The molecular weight excluding hydrogens is 432 g/mol. The first-order valence-corrected chi connectivity index (χ1v) is 11.0. The minimum absolute atomic E-state index is 0.0619. The second kappa shape index (κ2) is 9.22. The molecule has 162 valence electrons. The number of ether oxygens (including phenoxy) is 3. The molecule has 1 aliphatic heterocycles. The number of halogens is 1. The molecule has 30 heavy (non-hydrogen) atoms. The van der Waals surface area contributed by atoms with Crippen molar-refractivity contribution in [3.05, 3.63) is 47.0 Å². The number of sulfonamides is 1. The van der Waals surface area contributed by atoms with E-state index in [1.807, 2.05) is 0 Å². The summed E-state index contributed by atoms with van der Waals surface area (Å²) in [5.74, 6) is 0.617. The Labute approximate surface area is 180 Å². The largest absolute Gasteiger partial charge is 0.493 e. The molecule has 0 aromatic heterocycles. The minimum atomic E-state index is -3.84. The Balaban J connectivity index is 1.92. The van der Waals surface area contributed by atoms with E-state index < -0.39 is 15.9 Å². The van der Waals surface area contributed by atoms with Crippen LogP contribution in [0.2, 0.25) is 5.02 Å². The SMILES string of the molecule is COc1ccc(N(C)C(=O)c2ccc(Cl)c(S(=O)(=O)N3CCOCC3)c2)cc1OC. The molecule has 3 rings (SSSR count). The smallest absolute Gasteiger partial charge is 0.258 e. The third-order valence-corrected chi connectivity index (χ3v) is 7.21. The molecule has 10 heteroatoms. The number of nitrogens with zero attached hydrogens (tertiary/aromatic N) is 2. The zero-order valence-corrected chi connectivity index (χ0v) is 18.5. The first-order chi connectivity index (χ1) is 14.3. The summed E-state index contributed by atoms with van der Waals surface area (Å²) in [6.07, 6.45) is 0. The van der Waals surface area contributed by atoms with Gasteiger partial charge in [0.15, 0.2) is 11.5 Å². The van der Waals surface area contributed by atoms with E-state index in [1.54, 1.807) is 25.2 Å². The van der Waals surface area contributed by atoms with Crippen LogP contribution in [0.3, 0.4) is 0 Å². The van der Waals surface area contributed by atoms with E-state index in [0.29, 0.717) is 30.4 Å². The Morgan fingerprint density at radius 3 is 2.37 bits per heavy atom. The average molecular weight is 455 g/mol. The summed E-state index contributed by atoms with van der Waals surface area (Å²) in [5.41, 5.74) is 0.758. The van der Waals surface area contributed by atoms with Crippen molar-refractivity contribution in [2.45, 2.75) is 4.90 Å². The summed E-state index contributed by atoms with van der Waals surface area (Å²) in [7, 11) is 0.777. The van der Waals surface area contributed by atoms with Crippen molar-refractivity contribution in [2.24, 2.45) is 0 Å². The van der Waals surface area contributed by atoms with E-state index in [9.17, 15) is 13.2 Å². The predicted octanol–water partition coefficient (Wildman–Crippen LogP) is 2.65. The van der Waals surface area contributed by atoms with Crippen LogP contribution in [0.25, 0.3) is 0 Å². The molecule has 0 atom stereocenters. The Morgan fingerprint density at radius 1 is 1.07 bits per heavy atom. The van der Waals surface area contributed by atoms with Crippen molar-refractivity contribution >= 4 is 33.2 Å². The molecule has 0 N–H and O–H groups in total. The molecule has 1 saturated heterocycles. The van der Waals surface area contributed by atoms with Crippen LogP contribution in [-0.2, 0) is 14.8 Å². The number of carbonyl (C=O) groups is 1. The van der Waals surface area contributed by atoms with Gasteiger partial charge in [0.2, 0.25) is 10.0 Å². The highest BCUT2D eigenvalue weighted by Crippen LogP contribution is 2.32. The van der Waals surface area contributed by atoms with E-state index in [2.05, 4.69) is 0 Å². The number of carbonyl (C=O) groups excluding carboxylic acids is 1. The van der Waals surface area contributed by atoms with Crippen LogP contribution in [0.1, 0.15) is 10.4 Å². The molecule has 2 aromatic carbocycles. The standard InChI is InChI=1S/C20H23ClN2O6S/c1-22(15-5-7-17(27-2)18(13-15)28-3)20(24)14-4-6-16(21)19(12-14)30(25,26)23-8-10-29-11-9-23/h4-7,12-13H,8-11H2,1-3H3. The van der Waals surface area contributed by atoms with Crippen LogP contribution >= 0.6 is 11.6 Å². The van der Waals surface area contributed by atoms with Crippen LogP contribution in [0.15, 0.2) is 41.3 Å². The summed E-state index contributed by atoms with van der Waals surface area (Å²) in [5, 5.41) is 0.0619. The third kappa shape index (κ3) is 4.39. The van der Waals surface area contributed by atoms with Crippen molar-refractivity contribution in [3.63, 3.8) is 0 Å². The molecule has 8 nitrogen and oxygen atoms in total. The number of hydrogen-bond donors (Lipinski definition) is 0. The van der Waals surface area contributed by atoms with Crippen LogP contribution in [0.5, 0.6) is 11.5 Å². The molecule has 0 spiro atoms. The van der Waals surface area contributed by atoms with Gasteiger partial charge in [0, 0.05) is 37.5 Å². The lowest BCUT2D eigenvalue weighted by molar-refractivity contribution is 0.0730. The second-order valence-electron chi connectivity index (χ2n) is 6.57. The van der Waals surface area contributed by atoms with E-state index in [1.165, 1.54) is 41.6 Å². The molecule has 1 aliphatic rings. The first-order valence-electron chi connectivity index (χ1n) is 9.17. The monoisotopic (exact) mass is 454 g/mol. The van der Waals surface area contributed by atoms with Gasteiger partial charge in [-0.25, -0.2) is 8.42 Å². The molecule has 0 aliphatic carbocycles. The van der Waals surface area contributed by atoms with E-state index in [-0.39, 0.29) is 28.6 Å². The lowest BCUT2D eigenvalue weighted by Gasteiger charge is -2.26. The summed E-state index contributed by atoms with van der Waals surface area (Å²) < 4.78 is 43.0. The van der Waals surface area contributed by atoms with Gasteiger partial charge in [-0.3, -0.25) is 4.79 Å². The lowest BCUT2D eigenvalue weighted by Crippen LogP contribution is -2.40. The van der Waals surface area contributed by atoms with E-state index in [0.717, 1.165) is 0 Å². The maximum absolute atomic E-state index is 13.0. The van der Waals surface area contributed by atoms with E-state index >= 15 is 0 Å². The normalized spacial score (nSPS) is 14.9. The maximum atomic E-state index is 13.0. The molecule has 0 radical (unpaired) electrons. The molecule has 0 saturated carbocycles. The summed E-state index contributed by atoms with van der Waals surface area (Å²) in [4.78, 5) is 14.3. The molecule has 1 heterocycles. The van der Waals surface area contributed by atoms with Crippen molar-refractivity contribution < 1.29 is 27.4 Å². The first kappa shape index (κ1) is 22.4. The Bertz CT molecular complexity index is 1040. The van der Waals surface area contributed by atoms with Gasteiger partial charge in [0.1, 0.15) is 4.90 Å². The quantitative estimate of drug-likeness (QED) is 0.667. The van der Waals surface area contributed by atoms with Gasteiger partial charge in [-0.2, -0.15) is 4.31 Å². The van der Waals surface area contributed by atoms with Gasteiger partial charge < -0.3 is 19.1 Å². The number of hydrogen-bond acceptors (Lipinski definition) is 6. The molecule has 1 amide bonds. The fraction of sp³-hybridized carbons (Fsp3) is 0.350. The zero-order valence-electron chi connectivity index (χ0n) is 16.9. The maximum Gasteiger partial charge on any atom is 0.258 e. The molecular formula is C20H23ClN2O6S. The minimum Gasteiger partial charge on any atom is -0.493 e. The van der Waals surface area contributed by atoms with Gasteiger partial charge in [-0.05, 0) is 30.3 Å². The number of rotatable bonds is 6. The molecule has 1 fully saturated rings. The number of anilines is 1. The van der Waals surface area contributed by atoms with Gasteiger partial charge in [-0.1, -0.05) is 11.6 Å². The zero-order chi connectivity index (χ0) is 21.9. The summed E-state index contributed by atoms with van der Waals surface area (Å²) in [6.45, 7) is 1.11. The van der Waals surface area contributed by atoms with Crippen LogP contribution in [0, 0.1) is 0 Å². The topological polar surface area (TPSA) is 85.4 Å². The highest BCUT2D eigenvalue weighted by Gasteiger charge is 2.29. The van der Waals surface area contributed by atoms with Crippen molar-refractivity contribution in [2.75, 3.05) is 52.5 Å². The van der Waals surface area contributed by atoms with Gasteiger partial charge >= 0.3 is 0 Å². The predicted molar refractivity (Wildman–Crippen MR) is 113 cm³/mol. The highest BCUT2D eigenvalue weighted by atomic mass is 35.5. The van der Waals surface area contributed by atoms with Gasteiger partial charge in [-0.15, -0.1) is 0 Å². The van der Waals surface area contributed by atoms with E-state index in [4.69, 9.17) is 25.8 Å². The second-order valence-corrected chi connectivity index (χ2v) is 8.88. The van der Waals surface area contributed by atoms with Crippen molar-refractivity contribution in [1.29, 1.82) is 0 Å². The molecule has 0 bridgehead atoms. The van der Waals surface area contributed by atoms with Crippen LogP contribution in [-0.4, -0.2) is 66.2 Å². The van der Waals surface area contributed by atoms with Crippen LogP contribution < -0.4 is 14.4 Å². The molecule has 2 aromatic rings. The Morgan fingerprint density at radius 2 is 1.73 bits per heavy atom. The average Bonchev–Trinajstić information content (AvgIpc) is 2.78. The Hall–Kier alpha value is -2.33. The van der Waals surface area contributed by atoms with Gasteiger partial charge in [0.25, 0.3) is 5.91 Å². The van der Waals surface area contributed by atoms with Crippen LogP contribution in [0.4, 0.5) is 5.69 Å². The fourth-order valence-corrected chi connectivity index (χ4v) is 5.01. The molecule has 0 unspecified atom stereocenters. The lowest BCUT2D eigenvalue weighted by atomic mass is 10.2.